The van der Waals surface area contributed by atoms with Crippen molar-refractivity contribution in [1.29, 1.82) is 0 Å². The van der Waals surface area contributed by atoms with Crippen LogP contribution in [0.4, 0.5) is 0 Å². The minimum absolute atomic E-state index is 0.205. The van der Waals surface area contributed by atoms with Gasteiger partial charge in [-0.1, -0.05) is 24.3 Å². The molecule has 6 nitrogen and oxygen atoms in total. The molecule has 0 spiro atoms. The van der Waals surface area contributed by atoms with E-state index in [-0.39, 0.29) is 12.5 Å². The number of rotatable bonds is 4. The number of carbonyl (C=O) groups is 2. The molecule has 0 atom stereocenters. The van der Waals surface area contributed by atoms with Gasteiger partial charge in [0.1, 0.15) is 0 Å². The molecule has 0 saturated carbocycles. The van der Waals surface area contributed by atoms with Gasteiger partial charge in [0, 0.05) is 18.5 Å². The summed E-state index contributed by atoms with van der Waals surface area (Å²) in [5.74, 6) is -0.725. The number of morpholine rings is 1. The summed E-state index contributed by atoms with van der Waals surface area (Å²) in [6.07, 6.45) is 0. The van der Waals surface area contributed by atoms with Crippen LogP contribution in [0.15, 0.2) is 47.8 Å². The van der Waals surface area contributed by atoms with Crippen molar-refractivity contribution in [2.45, 2.75) is 0 Å². The van der Waals surface area contributed by atoms with E-state index < -0.39 is 5.97 Å². The summed E-state index contributed by atoms with van der Waals surface area (Å²) in [6.45, 7) is 1.80. The number of carbonyl (C=O) groups excluding carboxylic acids is 2. The van der Waals surface area contributed by atoms with Gasteiger partial charge in [-0.15, -0.1) is 11.3 Å². The maximum atomic E-state index is 12.7. The Morgan fingerprint density at radius 2 is 1.96 bits per heavy atom. The van der Waals surface area contributed by atoms with E-state index in [9.17, 15) is 9.59 Å². The van der Waals surface area contributed by atoms with Crippen molar-refractivity contribution in [1.82, 2.24) is 9.88 Å². The third-order valence-electron chi connectivity index (χ3n) is 4.40. The second kappa shape index (κ2) is 7.85. The highest BCUT2D eigenvalue weighted by Crippen LogP contribution is 2.28. The molecule has 2 aromatic heterocycles. The van der Waals surface area contributed by atoms with Gasteiger partial charge in [0.2, 0.25) is 0 Å². The molecule has 1 fully saturated rings. The lowest BCUT2D eigenvalue weighted by Gasteiger charge is -2.26. The Balaban J connectivity index is 1.58. The molecule has 3 aromatic rings. The maximum Gasteiger partial charge on any atom is 0.339 e. The predicted molar refractivity (Wildman–Crippen MR) is 103 cm³/mol. The van der Waals surface area contributed by atoms with Crippen LogP contribution in [-0.4, -0.2) is 54.7 Å². The molecule has 1 amide bonds. The lowest BCUT2D eigenvalue weighted by Crippen LogP contribution is -2.42. The molecule has 1 saturated heterocycles. The fourth-order valence-electron chi connectivity index (χ4n) is 3.00. The number of amides is 1. The number of pyridine rings is 1. The van der Waals surface area contributed by atoms with Gasteiger partial charge < -0.3 is 14.4 Å². The lowest BCUT2D eigenvalue weighted by molar-refractivity contribution is -0.138. The molecule has 0 aliphatic carbocycles. The van der Waals surface area contributed by atoms with E-state index in [1.165, 1.54) is 0 Å². The fourth-order valence-corrected chi connectivity index (χ4v) is 3.69. The highest BCUT2D eigenvalue weighted by Gasteiger charge is 2.20. The molecule has 0 bridgehead atoms. The average molecular weight is 382 g/mol. The van der Waals surface area contributed by atoms with Gasteiger partial charge in [-0.25, -0.2) is 9.78 Å². The zero-order chi connectivity index (χ0) is 18.6. The van der Waals surface area contributed by atoms with Crippen molar-refractivity contribution in [3.05, 3.63) is 53.4 Å². The van der Waals surface area contributed by atoms with Gasteiger partial charge in [0.05, 0.1) is 34.9 Å². The molecule has 1 aromatic carbocycles. The number of fused-ring (bicyclic) bond motifs is 1. The Kier molecular flexibility index (Phi) is 5.13. The third-order valence-corrected chi connectivity index (χ3v) is 5.29. The van der Waals surface area contributed by atoms with Crippen LogP contribution in [0.2, 0.25) is 0 Å². The number of hydrogen-bond donors (Lipinski definition) is 0. The van der Waals surface area contributed by atoms with Crippen molar-refractivity contribution in [2.24, 2.45) is 0 Å². The molecule has 7 heteroatoms. The molecule has 0 N–H and O–H groups in total. The van der Waals surface area contributed by atoms with Gasteiger partial charge in [-0.2, -0.15) is 0 Å². The van der Waals surface area contributed by atoms with Crippen LogP contribution < -0.4 is 0 Å². The van der Waals surface area contributed by atoms with Crippen molar-refractivity contribution >= 4 is 34.1 Å². The van der Waals surface area contributed by atoms with Gasteiger partial charge in [0.15, 0.2) is 6.61 Å². The van der Waals surface area contributed by atoms with Gasteiger partial charge in [-0.3, -0.25) is 4.79 Å². The molecule has 0 radical (unpaired) electrons. The van der Waals surface area contributed by atoms with Crippen molar-refractivity contribution in [2.75, 3.05) is 32.9 Å². The standard InChI is InChI=1S/C20H18N2O4S/c23-19(22-7-9-25-10-8-22)13-26-20(24)15-12-17(18-6-3-11-27-18)21-16-5-2-1-4-14(15)16/h1-6,11-12H,7-10,13H2. The number of ether oxygens (including phenoxy) is 2. The van der Waals surface area contributed by atoms with E-state index in [2.05, 4.69) is 4.98 Å². The third kappa shape index (κ3) is 3.84. The van der Waals surface area contributed by atoms with Gasteiger partial charge >= 0.3 is 5.97 Å². The van der Waals surface area contributed by atoms with Crippen LogP contribution >= 0.6 is 11.3 Å². The molecule has 138 valence electrons. The van der Waals surface area contributed by atoms with E-state index in [1.807, 2.05) is 41.8 Å². The first kappa shape index (κ1) is 17.6. The van der Waals surface area contributed by atoms with E-state index in [0.29, 0.717) is 37.3 Å². The Hall–Kier alpha value is -2.77. The summed E-state index contributed by atoms with van der Waals surface area (Å²) in [5, 5.41) is 2.67. The summed E-state index contributed by atoms with van der Waals surface area (Å²) in [7, 11) is 0. The van der Waals surface area contributed by atoms with Gasteiger partial charge in [-0.05, 0) is 23.6 Å². The predicted octanol–water partition coefficient (Wildman–Crippen LogP) is 2.98. The van der Waals surface area contributed by atoms with Gasteiger partial charge in [0.25, 0.3) is 5.91 Å². The van der Waals surface area contributed by atoms with E-state index in [1.54, 1.807) is 22.3 Å². The summed E-state index contributed by atoms with van der Waals surface area (Å²) >= 11 is 1.55. The molecule has 27 heavy (non-hydrogen) atoms. The zero-order valence-electron chi connectivity index (χ0n) is 14.6. The van der Waals surface area contributed by atoms with Crippen LogP contribution in [0.1, 0.15) is 10.4 Å². The number of hydrogen-bond acceptors (Lipinski definition) is 6. The lowest BCUT2D eigenvalue weighted by atomic mass is 10.1. The average Bonchev–Trinajstić information content (AvgIpc) is 3.26. The van der Waals surface area contributed by atoms with Crippen LogP contribution in [0.25, 0.3) is 21.5 Å². The first-order valence-electron chi connectivity index (χ1n) is 8.69. The van der Waals surface area contributed by atoms with Crippen LogP contribution in [0, 0.1) is 0 Å². The number of esters is 1. The Labute approximate surface area is 160 Å². The van der Waals surface area contributed by atoms with Crippen LogP contribution in [0.5, 0.6) is 0 Å². The molecule has 0 unspecified atom stereocenters. The SMILES string of the molecule is O=C(OCC(=O)N1CCOCC1)c1cc(-c2cccs2)nc2ccccc12. The Morgan fingerprint density at radius 3 is 2.74 bits per heavy atom. The molecule has 1 aliphatic rings. The maximum absolute atomic E-state index is 12.7. The Bertz CT molecular complexity index is 965. The quantitative estimate of drug-likeness (QED) is 0.649. The second-order valence-corrected chi connectivity index (χ2v) is 7.07. The Morgan fingerprint density at radius 1 is 1.15 bits per heavy atom. The second-order valence-electron chi connectivity index (χ2n) is 6.12. The first-order chi connectivity index (χ1) is 13.2. The summed E-state index contributed by atoms with van der Waals surface area (Å²) in [4.78, 5) is 32.2. The summed E-state index contributed by atoms with van der Waals surface area (Å²) in [5.41, 5.74) is 1.85. The minimum atomic E-state index is -0.520. The molecular weight excluding hydrogens is 364 g/mol. The zero-order valence-corrected chi connectivity index (χ0v) is 15.4. The van der Waals surface area contributed by atoms with Crippen LogP contribution in [-0.2, 0) is 14.3 Å². The fraction of sp³-hybridized carbons (Fsp3) is 0.250. The number of nitrogens with zero attached hydrogens (tertiary/aromatic N) is 2. The molecule has 4 rings (SSSR count). The molecule has 1 aliphatic heterocycles. The highest BCUT2D eigenvalue weighted by molar-refractivity contribution is 7.13. The normalized spacial score (nSPS) is 14.3. The minimum Gasteiger partial charge on any atom is -0.452 e. The first-order valence-corrected chi connectivity index (χ1v) is 9.56. The largest absolute Gasteiger partial charge is 0.452 e. The number of benzene rings is 1. The van der Waals surface area contributed by atoms with E-state index in [4.69, 9.17) is 9.47 Å². The van der Waals surface area contributed by atoms with Crippen LogP contribution in [0.3, 0.4) is 0 Å². The monoisotopic (exact) mass is 382 g/mol. The highest BCUT2D eigenvalue weighted by atomic mass is 32.1. The van der Waals surface area contributed by atoms with Crippen molar-refractivity contribution in [3.8, 4) is 10.6 Å². The summed E-state index contributed by atoms with van der Waals surface area (Å²) < 4.78 is 10.6. The summed E-state index contributed by atoms with van der Waals surface area (Å²) in [6, 6.07) is 13.1. The number of aromatic nitrogens is 1. The molecular formula is C20H18N2O4S. The number of thiophene rings is 1. The van der Waals surface area contributed by atoms with E-state index in [0.717, 1.165) is 16.1 Å². The number of para-hydroxylation sites is 1. The topological polar surface area (TPSA) is 68.7 Å². The van der Waals surface area contributed by atoms with Crippen molar-refractivity contribution in [3.63, 3.8) is 0 Å². The molecule has 3 heterocycles. The van der Waals surface area contributed by atoms with Crippen molar-refractivity contribution < 1.29 is 19.1 Å². The smallest absolute Gasteiger partial charge is 0.339 e. The van der Waals surface area contributed by atoms with E-state index >= 15 is 0 Å².